The van der Waals surface area contributed by atoms with E-state index in [1.54, 1.807) is 0 Å². The number of hydrogen-bond donors (Lipinski definition) is 1. The van der Waals surface area contributed by atoms with Crippen LogP contribution < -0.4 is 5.32 Å². The summed E-state index contributed by atoms with van der Waals surface area (Å²) in [7, 11) is 4.10. The Kier molecular flexibility index (Phi) is 4.37. The van der Waals surface area contributed by atoms with Gasteiger partial charge in [0.1, 0.15) is 0 Å². The lowest BCUT2D eigenvalue weighted by Crippen LogP contribution is -2.43. The minimum atomic E-state index is 0.0473. The summed E-state index contributed by atoms with van der Waals surface area (Å²) in [5.74, 6) is 0. The van der Waals surface area contributed by atoms with E-state index in [1.807, 2.05) is 14.0 Å². The Balaban J connectivity index is 2.38. The average molecular weight is 195 g/mol. The lowest BCUT2D eigenvalue weighted by molar-refractivity contribution is 0.159. The predicted molar refractivity (Wildman–Crippen MR) is 57.9 cm³/mol. The summed E-state index contributed by atoms with van der Waals surface area (Å²) in [5, 5.41) is 12.2. The van der Waals surface area contributed by atoms with Crippen molar-refractivity contribution in [1.82, 2.24) is 10.2 Å². The maximum absolute atomic E-state index is 8.83. The first kappa shape index (κ1) is 11.5. The van der Waals surface area contributed by atoms with E-state index in [9.17, 15) is 0 Å². The molecule has 0 aromatic heterocycles. The van der Waals surface area contributed by atoms with Crippen molar-refractivity contribution in [1.29, 1.82) is 5.26 Å². The number of nitrogens with zero attached hydrogens (tertiary/aromatic N) is 2. The van der Waals surface area contributed by atoms with Gasteiger partial charge in [0.15, 0.2) is 0 Å². The highest BCUT2D eigenvalue weighted by Crippen LogP contribution is 2.23. The molecule has 0 aromatic rings. The third kappa shape index (κ3) is 2.70. The second kappa shape index (κ2) is 5.33. The van der Waals surface area contributed by atoms with Crippen molar-refractivity contribution in [3.8, 4) is 6.07 Å². The first-order valence-electron chi connectivity index (χ1n) is 5.47. The average Bonchev–Trinajstić information content (AvgIpc) is 2.27. The number of nitriles is 1. The number of rotatable bonds is 3. The van der Waals surface area contributed by atoms with Gasteiger partial charge in [0.25, 0.3) is 0 Å². The van der Waals surface area contributed by atoms with Crippen molar-refractivity contribution in [2.45, 2.75) is 50.7 Å². The summed E-state index contributed by atoms with van der Waals surface area (Å²) in [5.41, 5.74) is 0. The Morgan fingerprint density at radius 3 is 2.36 bits per heavy atom. The van der Waals surface area contributed by atoms with Crippen LogP contribution >= 0.6 is 0 Å². The molecule has 0 saturated heterocycles. The molecule has 0 aliphatic heterocycles. The van der Waals surface area contributed by atoms with Gasteiger partial charge in [0, 0.05) is 12.1 Å². The van der Waals surface area contributed by atoms with Gasteiger partial charge in [0.2, 0.25) is 0 Å². The molecule has 1 unspecified atom stereocenters. The molecule has 1 atom stereocenters. The fourth-order valence-electron chi connectivity index (χ4n) is 2.18. The number of nitrogens with one attached hydrogen (secondary N) is 1. The maximum Gasteiger partial charge on any atom is 0.0949 e. The molecule has 1 N–H and O–H groups in total. The van der Waals surface area contributed by atoms with Gasteiger partial charge in [-0.05, 0) is 46.7 Å². The molecule has 1 saturated carbocycles. The Morgan fingerprint density at radius 1 is 1.36 bits per heavy atom. The van der Waals surface area contributed by atoms with E-state index in [0.717, 1.165) is 0 Å². The molecule has 3 heteroatoms. The molecule has 1 aliphatic rings. The lowest BCUT2D eigenvalue weighted by Gasteiger charge is -2.35. The number of hydrogen-bond acceptors (Lipinski definition) is 3. The minimum Gasteiger partial charge on any atom is -0.317 e. The van der Waals surface area contributed by atoms with E-state index in [1.165, 1.54) is 25.7 Å². The van der Waals surface area contributed by atoms with Crippen LogP contribution in [0.25, 0.3) is 0 Å². The Bertz CT molecular complexity index is 201. The van der Waals surface area contributed by atoms with Gasteiger partial charge in [0.05, 0.1) is 12.1 Å². The maximum atomic E-state index is 8.83. The molecule has 0 aromatic carbocycles. The van der Waals surface area contributed by atoms with Crippen molar-refractivity contribution in [3.05, 3.63) is 0 Å². The highest BCUT2D eigenvalue weighted by atomic mass is 15.2. The van der Waals surface area contributed by atoms with E-state index in [-0.39, 0.29) is 6.04 Å². The van der Waals surface area contributed by atoms with Crippen LogP contribution in [0.15, 0.2) is 0 Å². The predicted octanol–water partition coefficient (Wildman–Crippen LogP) is 1.36. The first-order chi connectivity index (χ1) is 6.69. The zero-order chi connectivity index (χ0) is 10.6. The largest absolute Gasteiger partial charge is 0.317 e. The van der Waals surface area contributed by atoms with Crippen molar-refractivity contribution in [2.24, 2.45) is 0 Å². The summed E-state index contributed by atoms with van der Waals surface area (Å²) in [4.78, 5) is 2.21. The van der Waals surface area contributed by atoms with Gasteiger partial charge in [-0.1, -0.05) is 0 Å². The fourth-order valence-corrected chi connectivity index (χ4v) is 2.18. The molecule has 0 bridgehead atoms. The second-order valence-electron chi connectivity index (χ2n) is 4.26. The third-order valence-corrected chi connectivity index (χ3v) is 3.48. The highest BCUT2D eigenvalue weighted by Gasteiger charge is 2.25. The molecular weight excluding hydrogens is 174 g/mol. The molecule has 14 heavy (non-hydrogen) atoms. The zero-order valence-corrected chi connectivity index (χ0v) is 9.45. The molecule has 80 valence electrons. The first-order valence-corrected chi connectivity index (χ1v) is 5.47. The van der Waals surface area contributed by atoms with Crippen LogP contribution in [-0.2, 0) is 0 Å². The fraction of sp³-hybridized carbons (Fsp3) is 0.909. The molecule has 0 radical (unpaired) electrons. The molecule has 1 fully saturated rings. The smallest absolute Gasteiger partial charge is 0.0949 e. The van der Waals surface area contributed by atoms with Gasteiger partial charge in [-0.3, -0.25) is 4.90 Å². The quantitative estimate of drug-likeness (QED) is 0.739. The topological polar surface area (TPSA) is 39.1 Å². The molecule has 0 amide bonds. The van der Waals surface area contributed by atoms with Crippen LogP contribution in [0.3, 0.4) is 0 Å². The van der Waals surface area contributed by atoms with Gasteiger partial charge < -0.3 is 5.32 Å². The van der Waals surface area contributed by atoms with Gasteiger partial charge in [-0.25, -0.2) is 0 Å². The van der Waals surface area contributed by atoms with Crippen molar-refractivity contribution in [2.75, 3.05) is 14.1 Å². The van der Waals surface area contributed by atoms with Crippen LogP contribution in [0, 0.1) is 11.3 Å². The van der Waals surface area contributed by atoms with Crippen molar-refractivity contribution in [3.63, 3.8) is 0 Å². The van der Waals surface area contributed by atoms with E-state index in [0.29, 0.717) is 12.1 Å². The minimum absolute atomic E-state index is 0.0473. The summed E-state index contributed by atoms with van der Waals surface area (Å²) in [6.07, 6.45) is 4.91. The van der Waals surface area contributed by atoms with Crippen LogP contribution in [0.1, 0.15) is 32.6 Å². The van der Waals surface area contributed by atoms with Crippen LogP contribution in [-0.4, -0.2) is 37.1 Å². The summed E-state index contributed by atoms with van der Waals surface area (Å²) < 4.78 is 0. The summed E-state index contributed by atoms with van der Waals surface area (Å²) in [6, 6.07) is 3.64. The van der Waals surface area contributed by atoms with E-state index >= 15 is 0 Å². The van der Waals surface area contributed by atoms with Crippen LogP contribution in [0.2, 0.25) is 0 Å². The van der Waals surface area contributed by atoms with Crippen LogP contribution in [0.5, 0.6) is 0 Å². The molecule has 1 aliphatic carbocycles. The van der Waals surface area contributed by atoms with E-state index in [2.05, 4.69) is 23.3 Å². The van der Waals surface area contributed by atoms with Crippen molar-refractivity contribution >= 4 is 0 Å². The molecular formula is C11H21N3. The van der Waals surface area contributed by atoms with E-state index in [4.69, 9.17) is 5.26 Å². The SMILES string of the molecule is CNC1CCC(N(C)C(C)C#N)CC1. The van der Waals surface area contributed by atoms with E-state index < -0.39 is 0 Å². The van der Waals surface area contributed by atoms with Crippen LogP contribution in [0.4, 0.5) is 0 Å². The Hall–Kier alpha value is -0.590. The normalized spacial score (nSPS) is 29.9. The molecule has 0 spiro atoms. The Labute approximate surface area is 87.1 Å². The molecule has 3 nitrogen and oxygen atoms in total. The molecule has 1 rings (SSSR count). The standard InChI is InChI=1S/C11H21N3/c1-9(8-12)14(3)11-6-4-10(13-2)5-7-11/h9-11,13H,4-7H2,1-3H3. The second-order valence-corrected chi connectivity index (χ2v) is 4.26. The summed E-state index contributed by atoms with van der Waals surface area (Å²) >= 11 is 0. The van der Waals surface area contributed by atoms with Crippen molar-refractivity contribution < 1.29 is 0 Å². The van der Waals surface area contributed by atoms with Gasteiger partial charge in [-0.15, -0.1) is 0 Å². The Morgan fingerprint density at radius 2 is 1.93 bits per heavy atom. The zero-order valence-electron chi connectivity index (χ0n) is 9.45. The highest BCUT2D eigenvalue weighted by molar-refractivity contribution is 4.91. The molecule has 0 heterocycles. The third-order valence-electron chi connectivity index (χ3n) is 3.48. The summed E-state index contributed by atoms with van der Waals surface area (Å²) in [6.45, 7) is 1.98. The monoisotopic (exact) mass is 195 g/mol. The lowest BCUT2D eigenvalue weighted by atomic mass is 9.90. The van der Waals surface area contributed by atoms with Gasteiger partial charge >= 0.3 is 0 Å². The van der Waals surface area contributed by atoms with Gasteiger partial charge in [-0.2, -0.15) is 5.26 Å².